The van der Waals surface area contributed by atoms with Crippen LogP contribution in [0, 0.1) is 5.92 Å². The van der Waals surface area contributed by atoms with E-state index in [1.807, 2.05) is 44.2 Å². The molecule has 3 nitrogen and oxygen atoms in total. The van der Waals surface area contributed by atoms with Crippen LogP contribution in [0.1, 0.15) is 19.4 Å². The molecular formula is C12H17NO2S. The first kappa shape index (κ1) is 12.9. The fourth-order valence-electron chi connectivity index (χ4n) is 1.06. The highest BCUT2D eigenvalue weighted by molar-refractivity contribution is 7.92. The summed E-state index contributed by atoms with van der Waals surface area (Å²) < 4.78 is 25.5. The molecule has 0 spiro atoms. The predicted octanol–water partition coefficient (Wildman–Crippen LogP) is 2.23. The summed E-state index contributed by atoms with van der Waals surface area (Å²) in [6.07, 6.45) is 1.59. The third-order valence-corrected chi connectivity index (χ3v) is 3.00. The lowest BCUT2D eigenvalue weighted by Gasteiger charge is -2.04. The van der Waals surface area contributed by atoms with Crippen molar-refractivity contribution in [3.8, 4) is 0 Å². The lowest BCUT2D eigenvalue weighted by Crippen LogP contribution is -2.25. The highest BCUT2D eigenvalue weighted by Crippen LogP contribution is 2.02. The Kier molecular flexibility index (Phi) is 4.71. The van der Waals surface area contributed by atoms with E-state index in [4.69, 9.17) is 0 Å². The van der Waals surface area contributed by atoms with E-state index in [0.717, 1.165) is 5.56 Å². The minimum absolute atomic E-state index is 0.305. The summed E-state index contributed by atoms with van der Waals surface area (Å²) in [7, 11) is -3.31. The molecule has 0 atom stereocenters. The lowest BCUT2D eigenvalue weighted by molar-refractivity contribution is 0.568. The summed E-state index contributed by atoms with van der Waals surface area (Å²) in [6.45, 7) is 4.38. The summed E-state index contributed by atoms with van der Waals surface area (Å²) in [5, 5.41) is 1.20. The van der Waals surface area contributed by atoms with Crippen molar-refractivity contribution < 1.29 is 8.42 Å². The number of nitrogens with one attached hydrogen (secondary N) is 1. The highest BCUT2D eigenvalue weighted by atomic mass is 32.2. The van der Waals surface area contributed by atoms with E-state index in [2.05, 4.69) is 4.72 Å². The third kappa shape index (κ3) is 5.09. The smallest absolute Gasteiger partial charge is 0.211 e. The second kappa shape index (κ2) is 5.82. The van der Waals surface area contributed by atoms with Crippen molar-refractivity contribution in [2.24, 2.45) is 5.92 Å². The maximum absolute atomic E-state index is 11.5. The Hall–Kier alpha value is -1.13. The van der Waals surface area contributed by atoms with Gasteiger partial charge in [0.25, 0.3) is 0 Å². The van der Waals surface area contributed by atoms with Gasteiger partial charge in [-0.2, -0.15) is 0 Å². The van der Waals surface area contributed by atoms with Crippen LogP contribution in [0.15, 0.2) is 35.7 Å². The molecule has 1 N–H and O–H groups in total. The molecule has 0 aliphatic heterocycles. The van der Waals surface area contributed by atoms with Crippen LogP contribution in [-0.4, -0.2) is 15.0 Å². The van der Waals surface area contributed by atoms with Gasteiger partial charge in [0.05, 0.1) is 0 Å². The molecular weight excluding hydrogens is 222 g/mol. The van der Waals surface area contributed by atoms with Crippen LogP contribution in [0.5, 0.6) is 0 Å². The molecule has 0 heterocycles. The standard InChI is InChI=1S/C12H17NO2S/c1-11(2)10-13-16(14,15)9-8-12-6-4-3-5-7-12/h3-9,11,13H,10H2,1-2H3/b9-8-. The quantitative estimate of drug-likeness (QED) is 0.856. The van der Waals surface area contributed by atoms with Crippen molar-refractivity contribution in [3.63, 3.8) is 0 Å². The summed E-state index contributed by atoms with van der Waals surface area (Å²) in [5.74, 6) is 0.305. The van der Waals surface area contributed by atoms with Gasteiger partial charge in [0.1, 0.15) is 0 Å². The van der Waals surface area contributed by atoms with Crippen LogP contribution in [-0.2, 0) is 10.0 Å². The molecule has 0 fully saturated rings. The molecule has 0 aliphatic carbocycles. The first-order valence-corrected chi connectivity index (χ1v) is 6.77. The van der Waals surface area contributed by atoms with Crippen molar-refractivity contribution in [1.29, 1.82) is 0 Å². The van der Waals surface area contributed by atoms with Crippen molar-refractivity contribution in [2.75, 3.05) is 6.54 Å². The molecule has 16 heavy (non-hydrogen) atoms. The van der Waals surface area contributed by atoms with Crippen LogP contribution < -0.4 is 4.72 Å². The molecule has 0 aliphatic rings. The van der Waals surface area contributed by atoms with Gasteiger partial charge < -0.3 is 0 Å². The maximum Gasteiger partial charge on any atom is 0.233 e. The second-order valence-electron chi connectivity index (χ2n) is 4.00. The van der Waals surface area contributed by atoms with Gasteiger partial charge in [-0.1, -0.05) is 44.2 Å². The summed E-state index contributed by atoms with van der Waals surface area (Å²) in [4.78, 5) is 0. The molecule has 4 heteroatoms. The molecule has 0 bridgehead atoms. The Bertz CT molecular complexity index is 435. The van der Waals surface area contributed by atoms with Gasteiger partial charge in [0.2, 0.25) is 10.0 Å². The summed E-state index contributed by atoms with van der Waals surface area (Å²) in [6, 6.07) is 9.34. The average molecular weight is 239 g/mol. The maximum atomic E-state index is 11.5. The first-order chi connectivity index (χ1) is 7.49. The van der Waals surface area contributed by atoms with E-state index in [1.54, 1.807) is 6.08 Å². The number of hydrogen-bond acceptors (Lipinski definition) is 2. The molecule has 0 aromatic heterocycles. The van der Waals surface area contributed by atoms with Crippen LogP contribution in [0.25, 0.3) is 6.08 Å². The van der Waals surface area contributed by atoms with E-state index in [9.17, 15) is 8.42 Å². The molecule has 1 aromatic carbocycles. The molecule has 0 radical (unpaired) electrons. The van der Waals surface area contributed by atoms with E-state index < -0.39 is 10.0 Å². The van der Waals surface area contributed by atoms with E-state index >= 15 is 0 Å². The van der Waals surface area contributed by atoms with Crippen LogP contribution >= 0.6 is 0 Å². The Balaban J connectivity index is 2.63. The van der Waals surface area contributed by atoms with E-state index in [-0.39, 0.29) is 0 Å². The average Bonchev–Trinajstić information content (AvgIpc) is 2.26. The zero-order chi connectivity index (χ0) is 12.0. The Labute approximate surface area is 97.2 Å². The highest BCUT2D eigenvalue weighted by Gasteiger charge is 2.04. The van der Waals surface area contributed by atoms with Crippen molar-refractivity contribution in [1.82, 2.24) is 4.72 Å². The number of sulfonamides is 1. The number of rotatable bonds is 5. The number of benzene rings is 1. The SMILES string of the molecule is CC(C)CNS(=O)(=O)/C=C\c1ccccc1. The van der Waals surface area contributed by atoms with Gasteiger partial charge in [0, 0.05) is 12.0 Å². The topological polar surface area (TPSA) is 46.2 Å². The Morgan fingerprint density at radius 3 is 2.44 bits per heavy atom. The predicted molar refractivity (Wildman–Crippen MR) is 67.2 cm³/mol. The lowest BCUT2D eigenvalue weighted by atomic mass is 10.2. The number of hydrogen-bond donors (Lipinski definition) is 1. The molecule has 1 rings (SSSR count). The van der Waals surface area contributed by atoms with Crippen LogP contribution in [0.4, 0.5) is 0 Å². The van der Waals surface area contributed by atoms with Crippen molar-refractivity contribution >= 4 is 16.1 Å². The third-order valence-electron chi connectivity index (χ3n) is 1.93. The van der Waals surface area contributed by atoms with Gasteiger partial charge in [-0.25, -0.2) is 13.1 Å². The molecule has 0 amide bonds. The zero-order valence-corrected chi connectivity index (χ0v) is 10.4. The Morgan fingerprint density at radius 1 is 1.25 bits per heavy atom. The first-order valence-electron chi connectivity index (χ1n) is 5.22. The minimum atomic E-state index is -3.31. The second-order valence-corrected chi connectivity index (χ2v) is 5.65. The molecule has 1 aromatic rings. The van der Waals surface area contributed by atoms with E-state index in [0.29, 0.717) is 12.5 Å². The molecule has 0 unspecified atom stereocenters. The van der Waals surface area contributed by atoms with Crippen molar-refractivity contribution in [2.45, 2.75) is 13.8 Å². The van der Waals surface area contributed by atoms with Crippen molar-refractivity contribution in [3.05, 3.63) is 41.3 Å². The van der Waals surface area contributed by atoms with Gasteiger partial charge >= 0.3 is 0 Å². The fraction of sp³-hybridized carbons (Fsp3) is 0.333. The van der Waals surface area contributed by atoms with Gasteiger partial charge in [0.15, 0.2) is 0 Å². The normalized spacial score (nSPS) is 12.4. The van der Waals surface area contributed by atoms with E-state index in [1.165, 1.54) is 5.41 Å². The summed E-state index contributed by atoms with van der Waals surface area (Å²) in [5.41, 5.74) is 0.873. The van der Waals surface area contributed by atoms with Crippen LogP contribution in [0.2, 0.25) is 0 Å². The molecule has 0 saturated carbocycles. The summed E-state index contributed by atoms with van der Waals surface area (Å²) >= 11 is 0. The van der Waals surface area contributed by atoms with Gasteiger partial charge in [-0.3, -0.25) is 0 Å². The monoisotopic (exact) mass is 239 g/mol. The van der Waals surface area contributed by atoms with Gasteiger partial charge in [-0.15, -0.1) is 0 Å². The Morgan fingerprint density at radius 2 is 1.88 bits per heavy atom. The van der Waals surface area contributed by atoms with Crippen LogP contribution in [0.3, 0.4) is 0 Å². The fourth-order valence-corrected chi connectivity index (χ4v) is 2.06. The molecule has 0 saturated heterocycles. The molecule has 88 valence electrons. The minimum Gasteiger partial charge on any atom is -0.211 e. The van der Waals surface area contributed by atoms with Gasteiger partial charge in [-0.05, 0) is 17.6 Å². The zero-order valence-electron chi connectivity index (χ0n) is 9.55. The largest absolute Gasteiger partial charge is 0.233 e.